The minimum atomic E-state index is 0.0540. The molecule has 0 aliphatic carbocycles. The number of carbonyl (C=O) groups excluding carboxylic acids is 2. The highest BCUT2D eigenvalue weighted by Gasteiger charge is 2.30. The van der Waals surface area contributed by atoms with Crippen molar-refractivity contribution in [1.82, 2.24) is 9.80 Å². The van der Waals surface area contributed by atoms with Crippen molar-refractivity contribution in [2.24, 2.45) is 5.92 Å². The lowest BCUT2D eigenvalue weighted by molar-refractivity contribution is -0.136. The SMILES string of the molecule is CCCCN(CC)C(=O)C1CCN(C(=O)c2cccc3ccccc23)CC1. The van der Waals surface area contributed by atoms with Gasteiger partial charge in [-0.15, -0.1) is 0 Å². The number of hydrogen-bond acceptors (Lipinski definition) is 2. The van der Waals surface area contributed by atoms with Gasteiger partial charge in [0.15, 0.2) is 0 Å². The van der Waals surface area contributed by atoms with Crippen molar-refractivity contribution < 1.29 is 9.59 Å². The lowest BCUT2D eigenvalue weighted by Gasteiger charge is -2.34. The molecule has 0 N–H and O–H groups in total. The Hall–Kier alpha value is -2.36. The van der Waals surface area contributed by atoms with Crippen LogP contribution in [0.25, 0.3) is 10.8 Å². The second-order valence-electron chi connectivity index (χ2n) is 7.36. The summed E-state index contributed by atoms with van der Waals surface area (Å²) in [6.45, 7) is 7.13. The van der Waals surface area contributed by atoms with Crippen LogP contribution in [0.3, 0.4) is 0 Å². The second-order valence-corrected chi connectivity index (χ2v) is 7.36. The van der Waals surface area contributed by atoms with Gasteiger partial charge in [-0.05, 0) is 43.0 Å². The van der Waals surface area contributed by atoms with E-state index in [0.29, 0.717) is 13.1 Å². The number of unbranched alkanes of at least 4 members (excludes halogenated alkanes) is 1. The van der Waals surface area contributed by atoms with Gasteiger partial charge < -0.3 is 9.80 Å². The second kappa shape index (κ2) is 9.03. The van der Waals surface area contributed by atoms with Crippen LogP contribution >= 0.6 is 0 Å². The molecule has 1 saturated heterocycles. The van der Waals surface area contributed by atoms with Crippen molar-refractivity contribution in [2.45, 2.75) is 39.5 Å². The van der Waals surface area contributed by atoms with Crippen molar-refractivity contribution in [3.63, 3.8) is 0 Å². The Bertz CT molecular complexity index is 789. The van der Waals surface area contributed by atoms with E-state index in [2.05, 4.69) is 6.92 Å². The van der Waals surface area contributed by atoms with Crippen LogP contribution in [0.1, 0.15) is 49.9 Å². The smallest absolute Gasteiger partial charge is 0.254 e. The van der Waals surface area contributed by atoms with E-state index in [9.17, 15) is 9.59 Å². The molecule has 27 heavy (non-hydrogen) atoms. The molecule has 0 spiro atoms. The zero-order chi connectivity index (χ0) is 19.2. The molecule has 2 aromatic rings. The standard InChI is InChI=1S/C23H30N2O2/c1-3-5-15-24(4-2)22(26)19-13-16-25(17-14-19)23(27)21-12-8-10-18-9-6-7-11-20(18)21/h6-12,19H,3-5,13-17H2,1-2H3. The van der Waals surface area contributed by atoms with E-state index in [4.69, 9.17) is 0 Å². The third kappa shape index (κ3) is 4.32. The number of amides is 2. The van der Waals surface area contributed by atoms with Crippen LogP contribution in [-0.4, -0.2) is 47.8 Å². The summed E-state index contributed by atoms with van der Waals surface area (Å²) in [7, 11) is 0. The molecule has 1 aliphatic heterocycles. The molecule has 4 nitrogen and oxygen atoms in total. The molecule has 0 atom stereocenters. The van der Waals surface area contributed by atoms with E-state index in [0.717, 1.165) is 55.1 Å². The van der Waals surface area contributed by atoms with Gasteiger partial charge in [-0.3, -0.25) is 9.59 Å². The molecule has 0 bridgehead atoms. The predicted molar refractivity (Wildman–Crippen MR) is 110 cm³/mol. The highest BCUT2D eigenvalue weighted by atomic mass is 16.2. The van der Waals surface area contributed by atoms with Gasteiger partial charge in [0.2, 0.25) is 5.91 Å². The fourth-order valence-corrected chi connectivity index (χ4v) is 3.94. The maximum Gasteiger partial charge on any atom is 0.254 e. The van der Waals surface area contributed by atoms with Crippen molar-refractivity contribution >= 4 is 22.6 Å². The largest absolute Gasteiger partial charge is 0.343 e. The van der Waals surface area contributed by atoms with Crippen molar-refractivity contribution in [2.75, 3.05) is 26.2 Å². The van der Waals surface area contributed by atoms with Crippen LogP contribution in [0.15, 0.2) is 42.5 Å². The van der Waals surface area contributed by atoms with Gasteiger partial charge in [-0.2, -0.15) is 0 Å². The van der Waals surface area contributed by atoms with Gasteiger partial charge in [-0.25, -0.2) is 0 Å². The van der Waals surface area contributed by atoms with E-state index < -0.39 is 0 Å². The molecule has 4 heteroatoms. The summed E-state index contributed by atoms with van der Waals surface area (Å²) < 4.78 is 0. The first-order chi connectivity index (χ1) is 13.2. The van der Waals surface area contributed by atoms with Crippen LogP contribution in [0.2, 0.25) is 0 Å². The van der Waals surface area contributed by atoms with Crippen molar-refractivity contribution in [1.29, 1.82) is 0 Å². The summed E-state index contributed by atoms with van der Waals surface area (Å²) >= 11 is 0. The molecule has 1 aliphatic rings. The highest BCUT2D eigenvalue weighted by Crippen LogP contribution is 2.24. The average Bonchev–Trinajstić information content (AvgIpc) is 2.73. The number of rotatable bonds is 6. The van der Waals surface area contributed by atoms with Gasteiger partial charge >= 0.3 is 0 Å². The third-order valence-electron chi connectivity index (χ3n) is 5.63. The first-order valence-corrected chi connectivity index (χ1v) is 10.2. The molecule has 3 rings (SSSR count). The Kier molecular flexibility index (Phi) is 6.49. The minimum absolute atomic E-state index is 0.0540. The zero-order valence-corrected chi connectivity index (χ0v) is 16.5. The Morgan fingerprint density at radius 1 is 1.04 bits per heavy atom. The van der Waals surface area contributed by atoms with Gasteiger partial charge in [-0.1, -0.05) is 49.7 Å². The van der Waals surface area contributed by atoms with Crippen LogP contribution in [0.5, 0.6) is 0 Å². The molecule has 2 aromatic carbocycles. The van der Waals surface area contributed by atoms with Crippen LogP contribution < -0.4 is 0 Å². The predicted octanol–water partition coefficient (Wildman–Crippen LogP) is 4.34. The summed E-state index contributed by atoms with van der Waals surface area (Å²) in [5, 5.41) is 2.09. The maximum atomic E-state index is 13.1. The molecule has 144 valence electrons. The highest BCUT2D eigenvalue weighted by molar-refractivity contribution is 6.07. The molecule has 0 saturated carbocycles. The molecule has 1 fully saturated rings. The number of carbonyl (C=O) groups is 2. The molecule has 0 unspecified atom stereocenters. The summed E-state index contributed by atoms with van der Waals surface area (Å²) in [6.07, 6.45) is 3.68. The van der Waals surface area contributed by atoms with Crippen molar-refractivity contribution in [3.8, 4) is 0 Å². The first kappa shape index (κ1) is 19.4. The third-order valence-corrected chi connectivity index (χ3v) is 5.63. The topological polar surface area (TPSA) is 40.6 Å². The summed E-state index contributed by atoms with van der Waals surface area (Å²) in [4.78, 5) is 29.7. The summed E-state index contributed by atoms with van der Waals surface area (Å²) in [5.41, 5.74) is 0.760. The Morgan fingerprint density at radius 2 is 1.74 bits per heavy atom. The number of benzene rings is 2. The number of likely N-dealkylation sites (tertiary alicyclic amines) is 1. The summed E-state index contributed by atoms with van der Waals surface area (Å²) in [6, 6.07) is 13.9. The lowest BCUT2D eigenvalue weighted by atomic mass is 9.94. The van der Waals surface area contributed by atoms with Crippen LogP contribution in [0, 0.1) is 5.92 Å². The van der Waals surface area contributed by atoms with E-state index >= 15 is 0 Å². The van der Waals surface area contributed by atoms with Gasteiger partial charge in [0, 0.05) is 37.7 Å². The van der Waals surface area contributed by atoms with Gasteiger partial charge in [0.05, 0.1) is 0 Å². The van der Waals surface area contributed by atoms with Crippen LogP contribution in [0.4, 0.5) is 0 Å². The van der Waals surface area contributed by atoms with Gasteiger partial charge in [0.1, 0.15) is 0 Å². The lowest BCUT2D eigenvalue weighted by Crippen LogP contribution is -2.44. The molecule has 0 aromatic heterocycles. The van der Waals surface area contributed by atoms with E-state index in [1.165, 1.54) is 0 Å². The van der Waals surface area contributed by atoms with Crippen LogP contribution in [-0.2, 0) is 4.79 Å². The molecule has 0 radical (unpaired) electrons. The van der Waals surface area contributed by atoms with E-state index in [1.807, 2.05) is 59.2 Å². The number of fused-ring (bicyclic) bond motifs is 1. The molecular weight excluding hydrogens is 336 g/mol. The summed E-state index contributed by atoms with van der Waals surface area (Å²) in [5.74, 6) is 0.401. The Balaban J connectivity index is 1.65. The number of hydrogen-bond donors (Lipinski definition) is 0. The van der Waals surface area contributed by atoms with E-state index in [-0.39, 0.29) is 17.7 Å². The number of piperidine rings is 1. The van der Waals surface area contributed by atoms with E-state index in [1.54, 1.807) is 0 Å². The quantitative estimate of drug-likeness (QED) is 0.763. The maximum absolute atomic E-state index is 13.1. The van der Waals surface area contributed by atoms with Gasteiger partial charge in [0.25, 0.3) is 5.91 Å². The first-order valence-electron chi connectivity index (χ1n) is 10.2. The van der Waals surface area contributed by atoms with Crippen molar-refractivity contribution in [3.05, 3.63) is 48.0 Å². The molecule has 2 amide bonds. The number of nitrogens with zero attached hydrogens (tertiary/aromatic N) is 2. The normalized spacial score (nSPS) is 15.1. The average molecular weight is 367 g/mol. The Morgan fingerprint density at radius 3 is 2.44 bits per heavy atom. The Labute approximate surface area is 162 Å². The zero-order valence-electron chi connectivity index (χ0n) is 16.5. The monoisotopic (exact) mass is 366 g/mol. The fourth-order valence-electron chi connectivity index (χ4n) is 3.94. The fraction of sp³-hybridized carbons (Fsp3) is 0.478. The molecule has 1 heterocycles. The molecular formula is C23H30N2O2. The minimum Gasteiger partial charge on any atom is -0.343 e.